The first-order valence-electron chi connectivity index (χ1n) is 7.11. The van der Waals surface area contributed by atoms with Gasteiger partial charge in [0.1, 0.15) is 17.7 Å². The number of benzene rings is 1. The number of nitrogens with zero attached hydrogens (tertiary/aromatic N) is 1. The first-order valence-corrected chi connectivity index (χ1v) is 8.51. The van der Waals surface area contributed by atoms with Gasteiger partial charge < -0.3 is 20.8 Å². The molecule has 1 aromatic rings. The second-order valence-electron chi connectivity index (χ2n) is 4.85. The maximum atomic E-state index is 12.1. The summed E-state index contributed by atoms with van der Waals surface area (Å²) in [6.07, 6.45) is 3.22. The van der Waals surface area contributed by atoms with E-state index in [9.17, 15) is 14.4 Å². The van der Waals surface area contributed by atoms with Crippen molar-refractivity contribution >= 4 is 35.3 Å². The molecule has 0 saturated carbocycles. The Hall–Kier alpha value is -2.99. The van der Waals surface area contributed by atoms with E-state index in [1.807, 2.05) is 6.26 Å². The number of nitrogens with one attached hydrogen (secondary N) is 2. The number of thioether (sulfide) groups is 1. The zero-order valence-electron chi connectivity index (χ0n) is 13.4. The van der Waals surface area contributed by atoms with Gasteiger partial charge in [-0.2, -0.15) is 17.0 Å². The molecule has 1 rings (SSSR count). The quantitative estimate of drug-likeness (QED) is 0.382. The number of hydrogen-bond donors (Lipinski definition) is 4. The predicted octanol–water partition coefficient (Wildman–Crippen LogP) is 1.53. The minimum absolute atomic E-state index is 0.0126. The molecular formula is C16H17N3O5S. The number of nitriles is 1. The SMILES string of the molecule is CSCCC(N/C=C(/C#N)C(=O)Nc1cccc(C(=O)O)c1)C(=O)O. The molecule has 1 aromatic carbocycles. The summed E-state index contributed by atoms with van der Waals surface area (Å²) in [4.78, 5) is 34.1. The third-order valence-electron chi connectivity index (χ3n) is 3.07. The van der Waals surface area contributed by atoms with Crippen LogP contribution in [-0.4, -0.2) is 46.1 Å². The van der Waals surface area contributed by atoms with E-state index < -0.39 is 23.9 Å². The van der Waals surface area contributed by atoms with Gasteiger partial charge in [-0.05, 0) is 36.6 Å². The van der Waals surface area contributed by atoms with Crippen molar-refractivity contribution in [2.75, 3.05) is 17.3 Å². The average Bonchev–Trinajstić information content (AvgIpc) is 2.57. The van der Waals surface area contributed by atoms with Crippen LogP contribution < -0.4 is 10.6 Å². The summed E-state index contributed by atoms with van der Waals surface area (Å²) in [6.45, 7) is 0. The molecule has 1 unspecified atom stereocenters. The fourth-order valence-corrected chi connectivity index (χ4v) is 2.25. The lowest BCUT2D eigenvalue weighted by Gasteiger charge is -2.12. The molecule has 0 heterocycles. The molecule has 0 radical (unpaired) electrons. The Balaban J connectivity index is 2.83. The van der Waals surface area contributed by atoms with Gasteiger partial charge in [-0.15, -0.1) is 0 Å². The summed E-state index contributed by atoms with van der Waals surface area (Å²) in [5.41, 5.74) is -0.124. The third-order valence-corrected chi connectivity index (χ3v) is 3.71. The molecule has 0 aliphatic rings. The molecule has 0 bridgehead atoms. The molecule has 0 saturated heterocycles. The molecule has 0 aliphatic heterocycles. The molecule has 4 N–H and O–H groups in total. The van der Waals surface area contributed by atoms with Crippen molar-refractivity contribution in [3.8, 4) is 6.07 Å². The van der Waals surface area contributed by atoms with Gasteiger partial charge >= 0.3 is 11.9 Å². The van der Waals surface area contributed by atoms with Crippen LogP contribution in [0, 0.1) is 11.3 Å². The summed E-state index contributed by atoms with van der Waals surface area (Å²) in [5, 5.41) is 32.1. The van der Waals surface area contributed by atoms with Gasteiger partial charge in [0.25, 0.3) is 5.91 Å². The fourth-order valence-electron chi connectivity index (χ4n) is 1.77. The number of carboxylic acid groups (broad SMARTS) is 2. The van der Waals surface area contributed by atoms with Crippen LogP contribution in [0.5, 0.6) is 0 Å². The van der Waals surface area contributed by atoms with E-state index in [-0.39, 0.29) is 16.8 Å². The largest absolute Gasteiger partial charge is 0.480 e. The van der Waals surface area contributed by atoms with Crippen molar-refractivity contribution < 1.29 is 24.6 Å². The molecule has 25 heavy (non-hydrogen) atoms. The number of carbonyl (C=O) groups excluding carboxylic acids is 1. The van der Waals surface area contributed by atoms with Crippen molar-refractivity contribution in [3.05, 3.63) is 41.6 Å². The number of rotatable bonds is 9. The van der Waals surface area contributed by atoms with E-state index in [2.05, 4.69) is 10.6 Å². The van der Waals surface area contributed by atoms with E-state index >= 15 is 0 Å². The van der Waals surface area contributed by atoms with Crippen LogP contribution >= 0.6 is 11.8 Å². The highest BCUT2D eigenvalue weighted by molar-refractivity contribution is 7.98. The van der Waals surface area contributed by atoms with E-state index in [4.69, 9.17) is 15.5 Å². The molecule has 0 aromatic heterocycles. The van der Waals surface area contributed by atoms with Gasteiger partial charge in [0.05, 0.1) is 5.56 Å². The molecule has 0 fully saturated rings. The van der Waals surface area contributed by atoms with Crippen molar-refractivity contribution in [2.24, 2.45) is 0 Å². The lowest BCUT2D eigenvalue weighted by molar-refractivity contribution is -0.139. The lowest BCUT2D eigenvalue weighted by atomic mass is 10.2. The Kier molecular flexibility index (Phi) is 8.02. The van der Waals surface area contributed by atoms with Gasteiger partial charge in [0.2, 0.25) is 0 Å². The molecule has 1 amide bonds. The summed E-state index contributed by atoms with van der Waals surface area (Å²) >= 11 is 1.48. The second kappa shape index (κ2) is 10.00. The number of carboxylic acids is 2. The second-order valence-corrected chi connectivity index (χ2v) is 5.83. The first kappa shape index (κ1) is 20.1. The van der Waals surface area contributed by atoms with Crippen molar-refractivity contribution in [3.63, 3.8) is 0 Å². The number of aromatic carboxylic acids is 1. The monoisotopic (exact) mass is 363 g/mol. The highest BCUT2D eigenvalue weighted by Gasteiger charge is 2.17. The minimum atomic E-state index is -1.15. The van der Waals surface area contributed by atoms with E-state index in [0.717, 1.165) is 6.20 Å². The van der Waals surface area contributed by atoms with E-state index in [1.165, 1.54) is 36.0 Å². The predicted molar refractivity (Wildman–Crippen MR) is 93.3 cm³/mol. The molecule has 0 aliphatic carbocycles. The van der Waals surface area contributed by atoms with Crippen molar-refractivity contribution in [1.82, 2.24) is 5.32 Å². The normalized spacial score (nSPS) is 11.9. The molecule has 9 heteroatoms. The van der Waals surface area contributed by atoms with Gasteiger partial charge in [-0.3, -0.25) is 4.79 Å². The van der Waals surface area contributed by atoms with Crippen LogP contribution in [0.25, 0.3) is 0 Å². The number of carbonyl (C=O) groups is 3. The highest BCUT2D eigenvalue weighted by atomic mass is 32.2. The average molecular weight is 363 g/mol. The minimum Gasteiger partial charge on any atom is -0.480 e. The zero-order valence-corrected chi connectivity index (χ0v) is 14.2. The highest BCUT2D eigenvalue weighted by Crippen LogP contribution is 2.12. The number of hydrogen-bond acceptors (Lipinski definition) is 6. The zero-order chi connectivity index (χ0) is 18.8. The van der Waals surface area contributed by atoms with Crippen LogP contribution in [0.4, 0.5) is 5.69 Å². The van der Waals surface area contributed by atoms with Gasteiger partial charge in [-0.1, -0.05) is 6.07 Å². The first-order chi connectivity index (χ1) is 11.9. The number of aliphatic carboxylic acids is 1. The van der Waals surface area contributed by atoms with E-state index in [0.29, 0.717) is 12.2 Å². The van der Waals surface area contributed by atoms with Crippen LogP contribution in [0.2, 0.25) is 0 Å². The number of amides is 1. The Morgan fingerprint density at radius 3 is 2.64 bits per heavy atom. The molecule has 132 valence electrons. The summed E-state index contributed by atoms with van der Waals surface area (Å²) < 4.78 is 0. The van der Waals surface area contributed by atoms with Gasteiger partial charge in [0.15, 0.2) is 0 Å². The summed E-state index contributed by atoms with van der Waals surface area (Å²) in [5.74, 6) is -2.40. The topological polar surface area (TPSA) is 140 Å². The Bertz CT molecular complexity index is 727. The fraction of sp³-hybridized carbons (Fsp3) is 0.250. The van der Waals surface area contributed by atoms with Crippen LogP contribution in [0.15, 0.2) is 36.0 Å². The maximum Gasteiger partial charge on any atom is 0.335 e. The molecule has 0 spiro atoms. The number of anilines is 1. The van der Waals surface area contributed by atoms with Crippen LogP contribution in [0.3, 0.4) is 0 Å². The van der Waals surface area contributed by atoms with Gasteiger partial charge in [-0.25, -0.2) is 9.59 Å². The summed E-state index contributed by atoms with van der Waals surface area (Å²) in [6, 6.07) is 6.31. The van der Waals surface area contributed by atoms with Crippen LogP contribution in [-0.2, 0) is 9.59 Å². The van der Waals surface area contributed by atoms with Crippen molar-refractivity contribution in [1.29, 1.82) is 5.26 Å². The molecular weight excluding hydrogens is 346 g/mol. The standard InChI is InChI=1S/C16H17N3O5S/c1-25-6-5-13(16(23)24)18-9-11(8-17)14(20)19-12-4-2-3-10(7-12)15(21)22/h2-4,7,9,13,18H,5-6H2,1H3,(H,19,20)(H,21,22)(H,23,24)/b11-9-. The molecule has 8 nitrogen and oxygen atoms in total. The maximum absolute atomic E-state index is 12.1. The van der Waals surface area contributed by atoms with Crippen molar-refractivity contribution in [2.45, 2.75) is 12.5 Å². The Labute approximate surface area is 148 Å². The summed E-state index contributed by atoms with van der Waals surface area (Å²) in [7, 11) is 0. The Morgan fingerprint density at radius 1 is 1.36 bits per heavy atom. The molecule has 1 atom stereocenters. The smallest absolute Gasteiger partial charge is 0.335 e. The lowest BCUT2D eigenvalue weighted by Crippen LogP contribution is -2.34. The van der Waals surface area contributed by atoms with Crippen LogP contribution in [0.1, 0.15) is 16.8 Å². The third kappa shape index (κ3) is 6.56. The Morgan fingerprint density at radius 2 is 2.08 bits per heavy atom. The van der Waals surface area contributed by atoms with Gasteiger partial charge in [0, 0.05) is 11.9 Å². The van der Waals surface area contributed by atoms with E-state index in [1.54, 1.807) is 6.07 Å².